The van der Waals surface area contributed by atoms with Crippen molar-refractivity contribution < 1.29 is 8.42 Å². The molecule has 2 atom stereocenters. The van der Waals surface area contributed by atoms with Crippen LogP contribution in [0.1, 0.15) is 28.8 Å². The second-order valence-corrected chi connectivity index (χ2v) is 15.4. The number of hydrogen-bond acceptors (Lipinski definition) is 3. The van der Waals surface area contributed by atoms with Crippen LogP contribution in [-0.4, -0.2) is 16.5 Å². The molecule has 3 aromatic rings. The van der Waals surface area contributed by atoms with Crippen LogP contribution >= 0.6 is 0 Å². The van der Waals surface area contributed by atoms with Gasteiger partial charge in [0.1, 0.15) is 0 Å². The van der Waals surface area contributed by atoms with E-state index in [-0.39, 0.29) is 5.75 Å². The molecule has 0 radical (unpaired) electrons. The zero-order valence-electron chi connectivity index (χ0n) is 17.7. The molecule has 2 unspecified atom stereocenters. The molecule has 0 aliphatic carbocycles. The molecule has 0 spiro atoms. The molecule has 158 valence electrons. The van der Waals surface area contributed by atoms with Crippen molar-refractivity contribution in [3.63, 3.8) is 0 Å². The third-order valence-electron chi connectivity index (χ3n) is 5.18. The molecule has 3 N–H and O–H groups in total. The molecular formula is C24H30N2O2SSi. The molecule has 0 heterocycles. The third-order valence-corrected chi connectivity index (χ3v) is 8.59. The average Bonchev–Trinajstić information content (AvgIpc) is 2.72. The summed E-state index contributed by atoms with van der Waals surface area (Å²) in [4.78, 5) is 0. The first-order valence-corrected chi connectivity index (χ1v) is 15.3. The van der Waals surface area contributed by atoms with E-state index in [1.807, 2.05) is 78.9 Å². The molecule has 6 heteroatoms. The normalized spacial score (nSPS) is 14.3. The Morgan fingerprint density at radius 1 is 0.800 bits per heavy atom. The zero-order chi connectivity index (χ0) is 21.8. The molecule has 3 rings (SSSR count). The molecule has 0 aromatic heterocycles. The van der Waals surface area contributed by atoms with E-state index in [1.54, 1.807) is 0 Å². The van der Waals surface area contributed by atoms with E-state index in [2.05, 4.69) is 30.4 Å². The van der Waals surface area contributed by atoms with Crippen LogP contribution in [0.5, 0.6) is 0 Å². The van der Waals surface area contributed by atoms with Gasteiger partial charge in [-0.1, -0.05) is 110 Å². The molecule has 0 bridgehead atoms. The highest BCUT2D eigenvalue weighted by Gasteiger charge is 2.28. The first-order chi connectivity index (χ1) is 14.2. The van der Waals surface area contributed by atoms with Crippen LogP contribution in [0.15, 0.2) is 84.9 Å². The van der Waals surface area contributed by atoms with Crippen LogP contribution in [0.4, 0.5) is 0 Å². The van der Waals surface area contributed by atoms with Gasteiger partial charge in [0.15, 0.2) is 0 Å². The van der Waals surface area contributed by atoms with Crippen molar-refractivity contribution in [3.8, 4) is 0 Å². The van der Waals surface area contributed by atoms with Crippen LogP contribution in [0, 0.1) is 0 Å². The van der Waals surface area contributed by atoms with E-state index in [1.165, 1.54) is 5.19 Å². The molecule has 4 nitrogen and oxygen atoms in total. The zero-order valence-corrected chi connectivity index (χ0v) is 19.6. The Hall–Kier alpha value is -2.25. The van der Waals surface area contributed by atoms with Gasteiger partial charge in [-0.05, 0) is 16.7 Å². The predicted octanol–water partition coefficient (Wildman–Crippen LogP) is 4.09. The smallest absolute Gasteiger partial charge is 0.216 e. The molecule has 30 heavy (non-hydrogen) atoms. The van der Waals surface area contributed by atoms with Crippen molar-refractivity contribution in [3.05, 3.63) is 102 Å². The van der Waals surface area contributed by atoms with E-state index in [4.69, 9.17) is 5.73 Å². The fourth-order valence-electron chi connectivity index (χ4n) is 3.69. The van der Waals surface area contributed by atoms with Gasteiger partial charge < -0.3 is 5.73 Å². The molecule has 0 aliphatic rings. The lowest BCUT2D eigenvalue weighted by Gasteiger charge is -2.27. The summed E-state index contributed by atoms with van der Waals surface area (Å²) in [5, 5.41) is 1.17. The van der Waals surface area contributed by atoms with Gasteiger partial charge in [-0.3, -0.25) is 0 Å². The van der Waals surface area contributed by atoms with Gasteiger partial charge in [0.05, 0.1) is 25.9 Å². The number of rotatable bonds is 8. The van der Waals surface area contributed by atoms with Gasteiger partial charge in [0.2, 0.25) is 10.0 Å². The summed E-state index contributed by atoms with van der Waals surface area (Å²) in [6, 6.07) is 25.9. The van der Waals surface area contributed by atoms with Crippen LogP contribution in [0.2, 0.25) is 19.6 Å². The third kappa shape index (κ3) is 5.67. The standard InChI is InChI=1S/C24H30N2O2SSi/c1-30(2,3)22-17-11-10-16-21(22)18-29(27,28)26-24(20-14-8-5-9-15-20)23(25)19-12-6-4-7-13-19/h4-17,23-24,26H,18,25H2,1-3H3. The highest BCUT2D eigenvalue weighted by atomic mass is 32.2. The molecular weight excluding hydrogens is 408 g/mol. The van der Waals surface area contributed by atoms with E-state index >= 15 is 0 Å². The summed E-state index contributed by atoms with van der Waals surface area (Å²) in [6.07, 6.45) is 0. The molecule has 0 saturated heterocycles. The maximum absolute atomic E-state index is 13.2. The second kappa shape index (κ2) is 9.26. The predicted molar refractivity (Wildman–Crippen MR) is 128 cm³/mol. The van der Waals surface area contributed by atoms with Crippen molar-refractivity contribution in [1.29, 1.82) is 0 Å². The Kier molecular flexibility index (Phi) is 6.93. The average molecular weight is 439 g/mol. The highest BCUT2D eigenvalue weighted by Crippen LogP contribution is 2.28. The minimum Gasteiger partial charge on any atom is -0.322 e. The van der Waals surface area contributed by atoms with Crippen LogP contribution in [-0.2, 0) is 15.8 Å². The van der Waals surface area contributed by atoms with Gasteiger partial charge in [-0.15, -0.1) is 0 Å². The molecule has 0 amide bonds. The first kappa shape index (κ1) is 22.4. The van der Waals surface area contributed by atoms with Crippen molar-refractivity contribution in [2.45, 2.75) is 37.5 Å². The summed E-state index contributed by atoms with van der Waals surface area (Å²) in [7, 11) is -5.30. The lowest BCUT2D eigenvalue weighted by atomic mass is 9.95. The number of benzene rings is 3. The number of nitrogens with two attached hydrogens (primary N) is 1. The van der Waals surface area contributed by atoms with Crippen LogP contribution < -0.4 is 15.6 Å². The summed E-state index contributed by atoms with van der Waals surface area (Å²) in [5.41, 5.74) is 9.15. The first-order valence-electron chi connectivity index (χ1n) is 10.1. The lowest BCUT2D eigenvalue weighted by molar-refractivity contribution is 0.503. The Balaban J connectivity index is 1.93. The molecule has 0 saturated carbocycles. The van der Waals surface area contributed by atoms with Gasteiger partial charge in [0.25, 0.3) is 0 Å². The summed E-state index contributed by atoms with van der Waals surface area (Å²) >= 11 is 0. The minimum atomic E-state index is -3.63. The summed E-state index contributed by atoms with van der Waals surface area (Å²) in [5.74, 6) is -0.0573. The van der Waals surface area contributed by atoms with Gasteiger partial charge in [0, 0.05) is 0 Å². The summed E-state index contributed by atoms with van der Waals surface area (Å²) in [6.45, 7) is 6.68. The molecule has 3 aromatic carbocycles. The minimum absolute atomic E-state index is 0.0573. The fraction of sp³-hybridized carbons (Fsp3) is 0.250. The van der Waals surface area contributed by atoms with Crippen molar-refractivity contribution in [1.82, 2.24) is 4.72 Å². The fourth-order valence-corrected chi connectivity index (χ4v) is 6.97. The second-order valence-electron chi connectivity index (χ2n) is 8.61. The van der Waals surface area contributed by atoms with E-state index in [9.17, 15) is 8.42 Å². The topological polar surface area (TPSA) is 72.2 Å². The highest BCUT2D eigenvalue weighted by molar-refractivity contribution is 7.88. The van der Waals surface area contributed by atoms with Gasteiger partial charge >= 0.3 is 0 Å². The van der Waals surface area contributed by atoms with Gasteiger partial charge in [-0.2, -0.15) is 0 Å². The maximum atomic E-state index is 13.2. The monoisotopic (exact) mass is 438 g/mol. The van der Waals surface area contributed by atoms with Gasteiger partial charge in [-0.25, -0.2) is 13.1 Å². The summed E-state index contributed by atoms with van der Waals surface area (Å²) < 4.78 is 29.4. The Morgan fingerprint density at radius 3 is 1.87 bits per heavy atom. The van der Waals surface area contributed by atoms with Crippen LogP contribution in [0.25, 0.3) is 0 Å². The van der Waals surface area contributed by atoms with Crippen molar-refractivity contribution in [2.24, 2.45) is 5.73 Å². The van der Waals surface area contributed by atoms with Crippen molar-refractivity contribution >= 4 is 23.3 Å². The van der Waals surface area contributed by atoms with E-state index < -0.39 is 30.2 Å². The Bertz CT molecular complexity index is 1070. The Morgan fingerprint density at radius 2 is 1.30 bits per heavy atom. The molecule has 0 aliphatic heterocycles. The number of hydrogen-bond donors (Lipinski definition) is 2. The Labute approximate surface area is 181 Å². The number of sulfonamides is 1. The SMILES string of the molecule is C[Si](C)(C)c1ccccc1CS(=O)(=O)NC(c1ccccc1)C(N)c1ccccc1. The van der Waals surface area contributed by atoms with E-state index in [0.29, 0.717) is 0 Å². The lowest BCUT2D eigenvalue weighted by Crippen LogP contribution is -2.42. The number of nitrogens with one attached hydrogen (secondary N) is 1. The maximum Gasteiger partial charge on any atom is 0.216 e. The van der Waals surface area contributed by atoms with E-state index in [0.717, 1.165) is 16.7 Å². The molecule has 0 fully saturated rings. The van der Waals surface area contributed by atoms with Crippen LogP contribution in [0.3, 0.4) is 0 Å². The van der Waals surface area contributed by atoms with Crippen molar-refractivity contribution in [2.75, 3.05) is 0 Å². The quantitative estimate of drug-likeness (QED) is 0.520. The largest absolute Gasteiger partial charge is 0.322 e.